The molecule has 0 spiro atoms. The molecule has 25 heavy (non-hydrogen) atoms. The van der Waals surface area contributed by atoms with Crippen LogP contribution in [0.1, 0.15) is 47.8 Å². The van der Waals surface area contributed by atoms with Gasteiger partial charge >= 0.3 is 0 Å². The van der Waals surface area contributed by atoms with Crippen molar-refractivity contribution in [1.82, 2.24) is 20.4 Å². The molecule has 0 saturated carbocycles. The van der Waals surface area contributed by atoms with E-state index in [1.807, 2.05) is 6.92 Å². The smallest absolute Gasteiger partial charge is 0.242 e. The second-order valence-electron chi connectivity index (χ2n) is 6.21. The summed E-state index contributed by atoms with van der Waals surface area (Å²) in [5, 5.41) is 12.9. The van der Waals surface area contributed by atoms with Crippen LogP contribution in [0.5, 0.6) is 0 Å². The normalized spacial score (nSPS) is 16.6. The lowest BCUT2D eigenvalue weighted by Gasteiger charge is -2.33. The van der Waals surface area contributed by atoms with Gasteiger partial charge in [-0.15, -0.1) is 10.2 Å². The predicted octanol–water partition coefficient (Wildman–Crippen LogP) is 3.08. The molecule has 0 bridgehead atoms. The van der Waals surface area contributed by atoms with Gasteiger partial charge < -0.3 is 5.32 Å². The van der Waals surface area contributed by atoms with E-state index in [2.05, 4.69) is 20.4 Å². The van der Waals surface area contributed by atoms with Gasteiger partial charge in [-0.1, -0.05) is 36.8 Å². The van der Waals surface area contributed by atoms with E-state index in [9.17, 15) is 9.18 Å². The Kier molecular flexibility index (Phi) is 6.09. The second-order valence-corrected chi connectivity index (χ2v) is 7.36. The summed E-state index contributed by atoms with van der Waals surface area (Å²) in [7, 11) is 0. The molecular weight excluding hydrogens is 339 g/mol. The van der Waals surface area contributed by atoms with Crippen molar-refractivity contribution in [1.29, 1.82) is 0 Å². The van der Waals surface area contributed by atoms with Crippen LogP contribution in [0.4, 0.5) is 4.39 Å². The average molecular weight is 362 g/mol. The van der Waals surface area contributed by atoms with Crippen molar-refractivity contribution in [2.75, 3.05) is 13.1 Å². The Balaban J connectivity index is 1.72. The van der Waals surface area contributed by atoms with Gasteiger partial charge in [0, 0.05) is 0 Å². The van der Waals surface area contributed by atoms with Gasteiger partial charge in [0.2, 0.25) is 5.91 Å². The first-order valence-corrected chi connectivity index (χ1v) is 9.57. The number of nitrogens with zero attached hydrogens (tertiary/aromatic N) is 3. The predicted molar refractivity (Wildman–Crippen MR) is 95.7 cm³/mol. The van der Waals surface area contributed by atoms with E-state index >= 15 is 0 Å². The summed E-state index contributed by atoms with van der Waals surface area (Å²) in [4.78, 5) is 15.1. The lowest BCUT2D eigenvalue weighted by molar-refractivity contribution is -0.127. The van der Waals surface area contributed by atoms with Crippen LogP contribution in [0.3, 0.4) is 0 Å². The molecule has 1 fully saturated rings. The number of nitrogens with one attached hydrogen (secondary N) is 1. The Morgan fingerprint density at radius 3 is 2.52 bits per heavy atom. The van der Waals surface area contributed by atoms with Gasteiger partial charge in [0.25, 0.3) is 0 Å². The van der Waals surface area contributed by atoms with Crippen LogP contribution >= 0.6 is 11.3 Å². The number of benzene rings is 1. The third-order valence-corrected chi connectivity index (χ3v) is 5.48. The molecule has 7 heteroatoms. The van der Waals surface area contributed by atoms with Crippen LogP contribution < -0.4 is 5.32 Å². The molecule has 2 heterocycles. The molecule has 0 unspecified atom stereocenters. The highest BCUT2D eigenvalue weighted by Gasteiger charge is 2.28. The molecule has 2 aromatic rings. The van der Waals surface area contributed by atoms with E-state index in [-0.39, 0.29) is 17.8 Å². The monoisotopic (exact) mass is 362 g/mol. The summed E-state index contributed by atoms with van der Waals surface area (Å²) >= 11 is 1.52. The van der Waals surface area contributed by atoms with Crippen molar-refractivity contribution in [2.45, 2.75) is 45.2 Å². The number of carbonyl (C=O) groups excluding carboxylic acids is 1. The Hall–Kier alpha value is -1.86. The van der Waals surface area contributed by atoms with E-state index in [0.717, 1.165) is 47.9 Å². The highest BCUT2D eigenvalue weighted by molar-refractivity contribution is 7.11. The van der Waals surface area contributed by atoms with Gasteiger partial charge in [0.05, 0.1) is 6.54 Å². The first-order chi connectivity index (χ1) is 12.2. The van der Waals surface area contributed by atoms with Gasteiger partial charge in [-0.2, -0.15) is 0 Å². The van der Waals surface area contributed by atoms with Crippen LogP contribution in [0.2, 0.25) is 0 Å². The minimum absolute atomic E-state index is 0.0678. The van der Waals surface area contributed by atoms with Crippen LogP contribution in [-0.4, -0.2) is 34.1 Å². The van der Waals surface area contributed by atoms with Crippen LogP contribution in [0, 0.1) is 5.82 Å². The molecule has 1 aromatic heterocycles. The summed E-state index contributed by atoms with van der Waals surface area (Å²) < 4.78 is 13.3. The Morgan fingerprint density at radius 1 is 1.20 bits per heavy atom. The number of piperidine rings is 1. The van der Waals surface area contributed by atoms with Gasteiger partial charge in [-0.05, 0) is 50.0 Å². The molecule has 1 atom stereocenters. The minimum atomic E-state index is -0.389. The molecule has 1 aromatic carbocycles. The molecule has 3 rings (SSSR count). The fourth-order valence-corrected chi connectivity index (χ4v) is 3.84. The van der Waals surface area contributed by atoms with Crippen molar-refractivity contribution in [2.24, 2.45) is 0 Å². The second kappa shape index (κ2) is 8.49. The number of aromatic nitrogens is 2. The molecule has 1 aliphatic rings. The van der Waals surface area contributed by atoms with Gasteiger partial charge in [0.15, 0.2) is 0 Å². The highest BCUT2D eigenvalue weighted by Crippen LogP contribution is 2.25. The molecule has 1 amide bonds. The summed E-state index contributed by atoms with van der Waals surface area (Å²) in [6.45, 7) is 4.17. The fraction of sp³-hybridized carbons (Fsp3) is 0.500. The lowest BCUT2D eigenvalue weighted by Crippen LogP contribution is -2.42. The van der Waals surface area contributed by atoms with Gasteiger partial charge in [-0.3, -0.25) is 9.69 Å². The van der Waals surface area contributed by atoms with Crippen LogP contribution in [0.15, 0.2) is 24.3 Å². The quantitative estimate of drug-likeness (QED) is 0.858. The van der Waals surface area contributed by atoms with Crippen molar-refractivity contribution in [3.05, 3.63) is 45.7 Å². The Labute approximate surface area is 151 Å². The van der Waals surface area contributed by atoms with Crippen molar-refractivity contribution in [3.63, 3.8) is 0 Å². The van der Waals surface area contributed by atoms with Crippen molar-refractivity contribution in [3.8, 4) is 0 Å². The summed E-state index contributed by atoms with van der Waals surface area (Å²) in [6.07, 6.45) is 4.21. The SMILES string of the molecule is CCc1nnc(CNC(=O)[C@H](c2ccc(F)cc2)N2CCCCC2)s1. The third kappa shape index (κ3) is 4.61. The maximum atomic E-state index is 13.3. The first kappa shape index (κ1) is 17.9. The van der Waals surface area contributed by atoms with E-state index in [0.29, 0.717) is 6.54 Å². The molecule has 1 aliphatic heterocycles. The highest BCUT2D eigenvalue weighted by atomic mass is 32.1. The maximum Gasteiger partial charge on any atom is 0.242 e. The van der Waals surface area contributed by atoms with Crippen molar-refractivity contribution < 1.29 is 9.18 Å². The Bertz CT molecular complexity index is 697. The maximum absolute atomic E-state index is 13.3. The molecule has 5 nitrogen and oxygen atoms in total. The number of rotatable bonds is 6. The van der Waals surface area contributed by atoms with Gasteiger partial charge in [-0.25, -0.2) is 4.39 Å². The summed E-state index contributed by atoms with van der Waals surface area (Å²) in [5.41, 5.74) is 0.826. The van der Waals surface area contributed by atoms with E-state index < -0.39 is 0 Å². The molecule has 134 valence electrons. The van der Waals surface area contributed by atoms with Crippen LogP contribution in [0.25, 0.3) is 0 Å². The Morgan fingerprint density at radius 2 is 1.88 bits per heavy atom. The van der Waals surface area contributed by atoms with Gasteiger partial charge in [0.1, 0.15) is 21.9 Å². The standard InChI is InChI=1S/C18H23FN4OS/c1-2-15-21-22-16(25-15)12-20-18(24)17(23-10-4-3-5-11-23)13-6-8-14(19)9-7-13/h6-9,17H,2-5,10-12H2,1H3,(H,20,24)/t17-/m0/s1. The average Bonchev–Trinajstić information content (AvgIpc) is 3.11. The number of likely N-dealkylation sites (tertiary alicyclic amines) is 1. The molecule has 1 N–H and O–H groups in total. The number of amides is 1. The third-order valence-electron chi connectivity index (χ3n) is 4.41. The fourth-order valence-electron chi connectivity index (χ4n) is 3.11. The minimum Gasteiger partial charge on any atom is -0.348 e. The number of carbonyl (C=O) groups is 1. The zero-order chi connectivity index (χ0) is 17.6. The van der Waals surface area contributed by atoms with E-state index in [1.165, 1.54) is 29.9 Å². The largest absolute Gasteiger partial charge is 0.348 e. The lowest BCUT2D eigenvalue weighted by atomic mass is 10.0. The number of aryl methyl sites for hydroxylation is 1. The van der Waals surface area contributed by atoms with E-state index in [4.69, 9.17) is 0 Å². The summed E-state index contributed by atoms with van der Waals surface area (Å²) in [5.74, 6) is -0.357. The summed E-state index contributed by atoms with van der Waals surface area (Å²) in [6, 6.07) is 5.85. The molecule has 1 saturated heterocycles. The molecular formula is C18H23FN4OS. The number of hydrogen-bond acceptors (Lipinski definition) is 5. The zero-order valence-electron chi connectivity index (χ0n) is 14.4. The van der Waals surface area contributed by atoms with Crippen molar-refractivity contribution >= 4 is 17.2 Å². The molecule has 0 aliphatic carbocycles. The topological polar surface area (TPSA) is 58.1 Å². The van der Waals surface area contributed by atoms with E-state index in [1.54, 1.807) is 12.1 Å². The number of halogens is 1. The molecule has 0 radical (unpaired) electrons. The van der Waals surface area contributed by atoms with Crippen LogP contribution in [-0.2, 0) is 17.8 Å². The number of hydrogen-bond donors (Lipinski definition) is 1. The first-order valence-electron chi connectivity index (χ1n) is 8.76. The zero-order valence-corrected chi connectivity index (χ0v) is 15.2.